The summed E-state index contributed by atoms with van der Waals surface area (Å²) in [5, 5.41) is 1.12. The third kappa shape index (κ3) is 6.00. The number of aromatic nitrogens is 2. The van der Waals surface area contributed by atoms with Gasteiger partial charge in [0.2, 0.25) is 0 Å². The average molecular weight is 439 g/mol. The number of fused-ring (bicyclic) bond motifs is 1. The fourth-order valence-corrected chi connectivity index (χ4v) is 3.51. The summed E-state index contributed by atoms with van der Waals surface area (Å²) in [4.78, 5) is 17.2. The summed E-state index contributed by atoms with van der Waals surface area (Å²) in [7, 11) is 0. The Kier molecular flexibility index (Phi) is 7.33. The van der Waals surface area contributed by atoms with E-state index in [0.717, 1.165) is 10.9 Å². The summed E-state index contributed by atoms with van der Waals surface area (Å²) in [6.07, 6.45) is -3.08. The molecule has 0 radical (unpaired) electrons. The van der Waals surface area contributed by atoms with Crippen molar-refractivity contribution in [3.63, 3.8) is 0 Å². The zero-order chi connectivity index (χ0) is 18.4. The minimum Gasteiger partial charge on any atom is -0.372 e. The van der Waals surface area contributed by atoms with Gasteiger partial charge in [-0.15, -0.1) is 0 Å². The molecule has 4 nitrogen and oxygen atoms in total. The zero-order valence-corrected chi connectivity index (χ0v) is 16.0. The molecule has 1 heterocycles. The Morgan fingerprint density at radius 2 is 2.12 bits per heavy atom. The van der Waals surface area contributed by atoms with Crippen LogP contribution in [0.15, 0.2) is 32.6 Å². The standard InChI is InChI=1S/C16H18BrF3N2O2S/c1-2-6-22-14(23)12-9-11(17)4-5-13(12)21-15(22)25-8-3-7-24-10-16(18,19)20/h4-5,9H,2-3,6-8,10H2,1H3. The van der Waals surface area contributed by atoms with Gasteiger partial charge in [-0.2, -0.15) is 13.2 Å². The highest BCUT2D eigenvalue weighted by molar-refractivity contribution is 9.10. The number of nitrogens with zero attached hydrogens (tertiary/aromatic N) is 2. The fraction of sp³-hybridized carbons (Fsp3) is 0.500. The Labute approximate surface area is 155 Å². The van der Waals surface area contributed by atoms with Gasteiger partial charge >= 0.3 is 6.18 Å². The summed E-state index contributed by atoms with van der Waals surface area (Å²) in [6.45, 7) is 1.30. The molecule has 138 valence electrons. The van der Waals surface area contributed by atoms with E-state index in [0.29, 0.717) is 34.8 Å². The number of rotatable bonds is 8. The Balaban J connectivity index is 2.07. The van der Waals surface area contributed by atoms with Crippen molar-refractivity contribution in [1.29, 1.82) is 0 Å². The number of alkyl halides is 3. The smallest absolute Gasteiger partial charge is 0.372 e. The molecule has 9 heteroatoms. The molecule has 0 aliphatic rings. The number of halogens is 4. The van der Waals surface area contributed by atoms with Crippen LogP contribution in [0.1, 0.15) is 19.8 Å². The van der Waals surface area contributed by atoms with Crippen LogP contribution in [0.4, 0.5) is 13.2 Å². The molecule has 0 saturated heterocycles. The second-order valence-corrected chi connectivity index (χ2v) is 7.36. The van der Waals surface area contributed by atoms with E-state index in [9.17, 15) is 18.0 Å². The molecule has 0 aliphatic carbocycles. The SMILES string of the molecule is CCCn1c(SCCCOCC(F)(F)F)nc2ccc(Br)cc2c1=O. The molecule has 1 aromatic heterocycles. The molecule has 0 atom stereocenters. The predicted molar refractivity (Wildman–Crippen MR) is 96.2 cm³/mol. The third-order valence-electron chi connectivity index (χ3n) is 3.26. The van der Waals surface area contributed by atoms with Crippen LogP contribution >= 0.6 is 27.7 Å². The maximum atomic E-state index is 12.7. The molecule has 0 N–H and O–H groups in total. The van der Waals surface area contributed by atoms with Crippen molar-refractivity contribution in [2.45, 2.75) is 37.6 Å². The van der Waals surface area contributed by atoms with Crippen LogP contribution in [0, 0.1) is 0 Å². The van der Waals surface area contributed by atoms with Crippen LogP contribution in [0.5, 0.6) is 0 Å². The maximum absolute atomic E-state index is 12.7. The molecule has 2 rings (SSSR count). The molecule has 0 spiro atoms. The number of benzene rings is 1. The Hall–Kier alpha value is -1.06. The summed E-state index contributed by atoms with van der Waals surface area (Å²) >= 11 is 4.71. The van der Waals surface area contributed by atoms with Gasteiger partial charge in [0.15, 0.2) is 5.16 Å². The summed E-state index contributed by atoms with van der Waals surface area (Å²) in [5.74, 6) is 0.524. The van der Waals surface area contributed by atoms with Gasteiger partial charge in [-0.25, -0.2) is 4.98 Å². The van der Waals surface area contributed by atoms with Crippen molar-refractivity contribution in [3.05, 3.63) is 33.0 Å². The van der Waals surface area contributed by atoms with Crippen LogP contribution in [-0.4, -0.2) is 34.7 Å². The first kappa shape index (κ1) is 20.3. The normalized spacial score (nSPS) is 12.0. The first-order valence-corrected chi connectivity index (χ1v) is 9.57. The number of hydrogen-bond acceptors (Lipinski definition) is 4. The van der Waals surface area contributed by atoms with Crippen molar-refractivity contribution in [1.82, 2.24) is 9.55 Å². The lowest BCUT2D eigenvalue weighted by Crippen LogP contribution is -2.23. The van der Waals surface area contributed by atoms with Gasteiger partial charge < -0.3 is 4.74 Å². The quantitative estimate of drug-likeness (QED) is 0.342. The van der Waals surface area contributed by atoms with E-state index in [1.165, 1.54) is 11.8 Å². The number of thioether (sulfide) groups is 1. The third-order valence-corrected chi connectivity index (χ3v) is 4.81. The highest BCUT2D eigenvalue weighted by Gasteiger charge is 2.27. The van der Waals surface area contributed by atoms with Crippen LogP contribution in [0.3, 0.4) is 0 Å². The first-order valence-electron chi connectivity index (χ1n) is 7.79. The van der Waals surface area contributed by atoms with Gasteiger partial charge in [0.25, 0.3) is 5.56 Å². The first-order chi connectivity index (χ1) is 11.8. The monoisotopic (exact) mass is 438 g/mol. The molecule has 25 heavy (non-hydrogen) atoms. The molecule has 0 bridgehead atoms. The second kappa shape index (κ2) is 9.05. The average Bonchev–Trinajstić information content (AvgIpc) is 2.54. The second-order valence-electron chi connectivity index (χ2n) is 5.38. The zero-order valence-electron chi connectivity index (χ0n) is 13.6. The highest BCUT2D eigenvalue weighted by Crippen LogP contribution is 2.21. The molecule has 0 aliphatic heterocycles. The minimum atomic E-state index is -4.30. The lowest BCUT2D eigenvalue weighted by molar-refractivity contribution is -0.173. The molecular formula is C16H18BrF3N2O2S. The Bertz CT molecular complexity index is 780. The van der Waals surface area contributed by atoms with E-state index in [1.807, 2.05) is 13.0 Å². The molecule has 1 aromatic carbocycles. The van der Waals surface area contributed by atoms with Crippen LogP contribution in [-0.2, 0) is 11.3 Å². The van der Waals surface area contributed by atoms with E-state index in [2.05, 4.69) is 25.7 Å². The van der Waals surface area contributed by atoms with Crippen molar-refractivity contribution < 1.29 is 17.9 Å². The Morgan fingerprint density at radius 3 is 2.80 bits per heavy atom. The van der Waals surface area contributed by atoms with E-state index in [-0.39, 0.29) is 12.2 Å². The highest BCUT2D eigenvalue weighted by atomic mass is 79.9. The van der Waals surface area contributed by atoms with Crippen molar-refractivity contribution in [2.75, 3.05) is 19.0 Å². The van der Waals surface area contributed by atoms with Crippen LogP contribution in [0.2, 0.25) is 0 Å². The van der Waals surface area contributed by atoms with Crippen molar-refractivity contribution in [3.8, 4) is 0 Å². The van der Waals surface area contributed by atoms with E-state index >= 15 is 0 Å². The van der Waals surface area contributed by atoms with E-state index in [1.54, 1.807) is 16.7 Å². The summed E-state index contributed by atoms with van der Waals surface area (Å²) in [5.41, 5.74) is 0.500. The lowest BCUT2D eigenvalue weighted by Gasteiger charge is -2.12. The topological polar surface area (TPSA) is 44.1 Å². The van der Waals surface area contributed by atoms with Gasteiger partial charge in [-0.1, -0.05) is 34.6 Å². The van der Waals surface area contributed by atoms with Crippen LogP contribution in [0.25, 0.3) is 10.9 Å². The van der Waals surface area contributed by atoms with Crippen molar-refractivity contribution >= 4 is 38.6 Å². The summed E-state index contributed by atoms with van der Waals surface area (Å²) < 4.78 is 43.0. The molecular weight excluding hydrogens is 421 g/mol. The largest absolute Gasteiger partial charge is 0.411 e. The number of ether oxygens (including phenoxy) is 1. The number of hydrogen-bond donors (Lipinski definition) is 0. The molecule has 2 aromatic rings. The van der Waals surface area contributed by atoms with Gasteiger partial charge in [0, 0.05) is 23.4 Å². The van der Waals surface area contributed by atoms with Gasteiger partial charge in [0.1, 0.15) is 6.61 Å². The molecule has 0 amide bonds. The van der Waals surface area contributed by atoms with E-state index in [4.69, 9.17) is 0 Å². The van der Waals surface area contributed by atoms with Gasteiger partial charge in [0.05, 0.1) is 10.9 Å². The predicted octanol–water partition coefficient (Wildman–Crippen LogP) is 4.63. The van der Waals surface area contributed by atoms with Gasteiger partial charge in [-0.3, -0.25) is 9.36 Å². The molecule has 0 saturated carbocycles. The van der Waals surface area contributed by atoms with Gasteiger partial charge in [-0.05, 0) is 31.0 Å². The van der Waals surface area contributed by atoms with Crippen molar-refractivity contribution in [2.24, 2.45) is 0 Å². The minimum absolute atomic E-state index is 0.0189. The lowest BCUT2D eigenvalue weighted by atomic mass is 10.2. The molecule has 0 fully saturated rings. The van der Waals surface area contributed by atoms with Crippen LogP contribution < -0.4 is 5.56 Å². The maximum Gasteiger partial charge on any atom is 0.411 e. The molecule has 0 unspecified atom stereocenters. The fourth-order valence-electron chi connectivity index (χ4n) is 2.22. The summed E-state index contributed by atoms with van der Waals surface area (Å²) in [6, 6.07) is 5.34. The Morgan fingerprint density at radius 1 is 1.36 bits per heavy atom. The van der Waals surface area contributed by atoms with E-state index < -0.39 is 12.8 Å².